The van der Waals surface area contributed by atoms with E-state index in [9.17, 15) is 26.4 Å². The van der Waals surface area contributed by atoms with E-state index in [2.05, 4.69) is 5.32 Å². The summed E-state index contributed by atoms with van der Waals surface area (Å²) in [5.41, 5.74) is 0.186. The summed E-state index contributed by atoms with van der Waals surface area (Å²) in [5, 5.41) is 2.45. The van der Waals surface area contributed by atoms with E-state index in [0.29, 0.717) is 11.1 Å². The Kier molecular flexibility index (Phi) is 5.22. The van der Waals surface area contributed by atoms with Crippen molar-refractivity contribution in [3.8, 4) is 22.6 Å². The minimum Gasteiger partial charge on any atom is -0.454 e. The van der Waals surface area contributed by atoms with Crippen molar-refractivity contribution in [1.82, 2.24) is 4.31 Å². The molecule has 0 saturated heterocycles. The fraction of sp³-hybridized carbons (Fsp3) is 0.136. The molecule has 0 fully saturated rings. The number of hydrogen-bond acceptors (Lipinski definition) is 4. The largest absolute Gasteiger partial charge is 0.454 e. The van der Waals surface area contributed by atoms with E-state index in [-0.39, 0.29) is 27.6 Å². The summed E-state index contributed by atoms with van der Waals surface area (Å²) in [4.78, 5) is 12.8. The Morgan fingerprint density at radius 1 is 0.906 bits per heavy atom. The van der Waals surface area contributed by atoms with Crippen LogP contribution in [-0.2, 0) is 16.2 Å². The molecule has 32 heavy (non-hydrogen) atoms. The number of sulfonamides is 1. The number of amides is 1. The molecule has 6 nitrogen and oxygen atoms in total. The van der Waals surface area contributed by atoms with Crippen LogP contribution in [0.4, 0.5) is 18.9 Å². The first kappa shape index (κ1) is 21.8. The van der Waals surface area contributed by atoms with Crippen LogP contribution < -0.4 is 10.1 Å². The lowest BCUT2D eigenvalue weighted by Crippen LogP contribution is -2.22. The lowest BCUT2D eigenvalue weighted by atomic mass is 10.0. The Morgan fingerprint density at radius 2 is 1.59 bits per heavy atom. The SMILES string of the molecule is CN(C)S(=O)(=O)c1cccc(-c2ccc3c(c2)C(=O)Nc2cc(C(F)(F)F)ccc2O3)c1. The Bertz CT molecular complexity index is 1340. The second-order valence-corrected chi connectivity index (χ2v) is 9.44. The molecular formula is C22H17F3N2O4S. The van der Waals surface area contributed by atoms with E-state index >= 15 is 0 Å². The summed E-state index contributed by atoms with van der Waals surface area (Å²) >= 11 is 0. The summed E-state index contributed by atoms with van der Waals surface area (Å²) in [6.07, 6.45) is -4.57. The number of hydrogen-bond donors (Lipinski definition) is 1. The van der Waals surface area contributed by atoms with E-state index in [1.54, 1.807) is 18.2 Å². The van der Waals surface area contributed by atoms with E-state index < -0.39 is 27.7 Å². The lowest BCUT2D eigenvalue weighted by molar-refractivity contribution is -0.137. The Morgan fingerprint density at radius 3 is 2.28 bits per heavy atom. The van der Waals surface area contributed by atoms with Crippen molar-refractivity contribution in [1.29, 1.82) is 0 Å². The van der Waals surface area contributed by atoms with Crippen molar-refractivity contribution in [2.75, 3.05) is 19.4 Å². The van der Waals surface area contributed by atoms with Crippen LogP contribution in [0.2, 0.25) is 0 Å². The molecule has 4 rings (SSSR count). The maximum atomic E-state index is 13.0. The monoisotopic (exact) mass is 462 g/mol. The van der Waals surface area contributed by atoms with Gasteiger partial charge in [-0.2, -0.15) is 13.2 Å². The molecule has 0 aromatic heterocycles. The van der Waals surface area contributed by atoms with E-state index in [1.165, 1.54) is 38.4 Å². The number of carbonyl (C=O) groups excluding carboxylic acids is 1. The van der Waals surface area contributed by atoms with Gasteiger partial charge in [0.05, 0.1) is 21.7 Å². The van der Waals surface area contributed by atoms with Crippen molar-refractivity contribution in [3.05, 3.63) is 71.8 Å². The quantitative estimate of drug-likeness (QED) is 0.596. The zero-order valence-corrected chi connectivity index (χ0v) is 17.7. The van der Waals surface area contributed by atoms with Crippen LogP contribution in [-0.4, -0.2) is 32.7 Å². The zero-order chi connectivity index (χ0) is 23.3. The number of nitrogens with one attached hydrogen (secondary N) is 1. The van der Waals surface area contributed by atoms with Crippen molar-refractivity contribution >= 4 is 21.6 Å². The summed E-state index contributed by atoms with van der Waals surface area (Å²) in [6.45, 7) is 0. The van der Waals surface area contributed by atoms with Crippen LogP contribution in [0.3, 0.4) is 0 Å². The molecule has 0 spiro atoms. The minimum atomic E-state index is -4.57. The standard InChI is InChI=1S/C22H17F3N2O4S/c1-27(2)32(29,30)16-5-3-4-13(10-16)14-6-8-19-17(11-14)21(28)26-18-12-15(22(23,24)25)7-9-20(18)31-19/h3-12H,1-2H3,(H,26,28). The first-order valence-electron chi connectivity index (χ1n) is 9.34. The van der Waals surface area contributed by atoms with Crippen molar-refractivity contribution in [2.45, 2.75) is 11.1 Å². The average Bonchev–Trinajstić information content (AvgIpc) is 2.87. The molecular weight excluding hydrogens is 445 g/mol. The average molecular weight is 462 g/mol. The smallest absolute Gasteiger partial charge is 0.416 e. The molecule has 0 bridgehead atoms. The number of nitrogens with zero attached hydrogens (tertiary/aromatic N) is 1. The molecule has 10 heteroatoms. The molecule has 1 N–H and O–H groups in total. The van der Waals surface area contributed by atoms with Gasteiger partial charge >= 0.3 is 6.18 Å². The number of fused-ring (bicyclic) bond motifs is 2. The van der Waals surface area contributed by atoms with Gasteiger partial charge in [-0.05, 0) is 53.6 Å². The normalized spacial score (nSPS) is 13.6. The van der Waals surface area contributed by atoms with Gasteiger partial charge in [-0.3, -0.25) is 4.79 Å². The first-order chi connectivity index (χ1) is 15.0. The Labute approximate surface area is 182 Å². The van der Waals surface area contributed by atoms with Crippen LogP contribution in [0.15, 0.2) is 65.6 Å². The van der Waals surface area contributed by atoms with Gasteiger partial charge < -0.3 is 10.1 Å². The van der Waals surface area contributed by atoms with Gasteiger partial charge in [-0.25, -0.2) is 12.7 Å². The number of benzene rings is 3. The van der Waals surface area contributed by atoms with Crippen LogP contribution in [0.1, 0.15) is 15.9 Å². The molecule has 1 heterocycles. The molecule has 0 atom stereocenters. The highest BCUT2D eigenvalue weighted by atomic mass is 32.2. The summed E-state index contributed by atoms with van der Waals surface area (Å²) in [6, 6.07) is 13.7. The number of alkyl halides is 3. The molecule has 0 aliphatic carbocycles. The summed E-state index contributed by atoms with van der Waals surface area (Å²) < 4.78 is 70.7. The molecule has 166 valence electrons. The second kappa shape index (κ2) is 7.64. The molecule has 0 unspecified atom stereocenters. The Hall–Kier alpha value is -3.37. The fourth-order valence-electron chi connectivity index (χ4n) is 3.22. The van der Waals surface area contributed by atoms with E-state index in [4.69, 9.17) is 4.74 Å². The van der Waals surface area contributed by atoms with Gasteiger partial charge in [0.2, 0.25) is 10.0 Å². The lowest BCUT2D eigenvalue weighted by Gasteiger charge is -2.13. The molecule has 0 saturated carbocycles. The van der Waals surface area contributed by atoms with Crippen LogP contribution >= 0.6 is 0 Å². The number of ether oxygens (including phenoxy) is 1. The van der Waals surface area contributed by atoms with Crippen molar-refractivity contribution in [2.24, 2.45) is 0 Å². The fourth-order valence-corrected chi connectivity index (χ4v) is 4.17. The van der Waals surface area contributed by atoms with Crippen LogP contribution in [0, 0.1) is 0 Å². The minimum absolute atomic E-state index is 0.0805. The van der Waals surface area contributed by atoms with Gasteiger partial charge in [-0.1, -0.05) is 18.2 Å². The van der Waals surface area contributed by atoms with Gasteiger partial charge in [-0.15, -0.1) is 0 Å². The molecule has 3 aromatic carbocycles. The number of carbonyl (C=O) groups is 1. The van der Waals surface area contributed by atoms with E-state index in [1.807, 2.05) is 0 Å². The summed E-state index contributed by atoms with van der Waals surface area (Å²) in [5.74, 6) is -0.393. The third-order valence-corrected chi connectivity index (χ3v) is 6.76. The van der Waals surface area contributed by atoms with Gasteiger partial charge in [0.1, 0.15) is 5.75 Å². The molecule has 0 radical (unpaired) electrons. The molecule has 1 aliphatic heterocycles. The van der Waals surface area contributed by atoms with Gasteiger partial charge in [0.25, 0.3) is 5.91 Å². The molecule has 1 aliphatic rings. The number of halogens is 3. The topological polar surface area (TPSA) is 75.7 Å². The number of anilines is 1. The highest BCUT2D eigenvalue weighted by molar-refractivity contribution is 7.89. The number of rotatable bonds is 3. The predicted octanol–water partition coefficient (Wildman–Crippen LogP) is 4.98. The maximum Gasteiger partial charge on any atom is 0.416 e. The van der Waals surface area contributed by atoms with Crippen LogP contribution in [0.5, 0.6) is 11.5 Å². The third-order valence-electron chi connectivity index (χ3n) is 4.95. The van der Waals surface area contributed by atoms with Gasteiger partial charge in [0, 0.05) is 14.1 Å². The van der Waals surface area contributed by atoms with Crippen molar-refractivity contribution in [3.63, 3.8) is 0 Å². The molecule has 1 amide bonds. The maximum absolute atomic E-state index is 13.0. The predicted molar refractivity (Wildman–Crippen MR) is 112 cm³/mol. The first-order valence-corrected chi connectivity index (χ1v) is 10.8. The van der Waals surface area contributed by atoms with Crippen molar-refractivity contribution < 1.29 is 31.1 Å². The third kappa shape index (κ3) is 3.94. The highest BCUT2D eigenvalue weighted by Gasteiger charge is 2.32. The van der Waals surface area contributed by atoms with E-state index in [0.717, 1.165) is 22.5 Å². The molecule has 3 aromatic rings. The highest BCUT2D eigenvalue weighted by Crippen LogP contribution is 2.40. The summed E-state index contributed by atoms with van der Waals surface area (Å²) in [7, 11) is -0.807. The van der Waals surface area contributed by atoms with Gasteiger partial charge in [0.15, 0.2) is 5.75 Å². The van der Waals surface area contributed by atoms with Crippen LogP contribution in [0.25, 0.3) is 11.1 Å². The zero-order valence-electron chi connectivity index (χ0n) is 16.9. The second-order valence-electron chi connectivity index (χ2n) is 7.29. The Balaban J connectivity index is 1.73.